The van der Waals surface area contributed by atoms with Gasteiger partial charge in [0.15, 0.2) is 0 Å². The van der Waals surface area contributed by atoms with Gasteiger partial charge in [0, 0.05) is 0 Å². The van der Waals surface area contributed by atoms with Crippen LogP contribution in [0.25, 0.3) is 11.0 Å². The lowest BCUT2D eigenvalue weighted by molar-refractivity contribution is -0.136. The van der Waals surface area contributed by atoms with Gasteiger partial charge in [-0.05, 0) is 25.0 Å². The van der Waals surface area contributed by atoms with Crippen LogP contribution in [-0.2, 0) is 6.18 Å². The molecule has 0 aliphatic carbocycles. The zero-order valence-electron chi connectivity index (χ0n) is 10.2. The molecule has 0 fully saturated rings. The number of hydrogen-bond acceptors (Lipinski definition) is 2. The van der Waals surface area contributed by atoms with E-state index in [-0.39, 0.29) is 17.1 Å². The first-order valence-electron chi connectivity index (χ1n) is 5.90. The molecule has 1 aromatic carbocycles. The molecule has 0 aliphatic rings. The van der Waals surface area contributed by atoms with Crippen LogP contribution in [0.2, 0.25) is 0 Å². The van der Waals surface area contributed by atoms with Crippen LogP contribution in [0.5, 0.6) is 0 Å². The van der Waals surface area contributed by atoms with Gasteiger partial charge in [-0.3, -0.25) is 0 Å². The van der Waals surface area contributed by atoms with Gasteiger partial charge in [0.1, 0.15) is 11.0 Å². The summed E-state index contributed by atoms with van der Waals surface area (Å²) in [6, 6.07) is 3.93. The maximum absolute atomic E-state index is 13.0. The number of nitrogens with zero attached hydrogens (tertiary/aromatic N) is 3. The summed E-state index contributed by atoms with van der Waals surface area (Å²) >= 11 is 0. The smallest absolute Gasteiger partial charge is 0.241 e. The number of para-hydroxylation sites is 1. The molecule has 0 N–H and O–H groups in total. The zero-order chi connectivity index (χ0) is 13.3. The minimum atomic E-state index is -4.38. The minimum absolute atomic E-state index is 0.0569. The third-order valence-electron chi connectivity index (χ3n) is 3.09. The Hall–Kier alpha value is -1.59. The first-order valence-corrected chi connectivity index (χ1v) is 5.90. The second kappa shape index (κ2) is 4.59. The van der Waals surface area contributed by atoms with Gasteiger partial charge in [-0.25, -0.2) is 4.68 Å². The Morgan fingerprint density at radius 1 is 1.22 bits per heavy atom. The number of hydrogen-bond donors (Lipinski definition) is 0. The standard InChI is InChI=1S/C12H14F3N3/c1-3-8(4-2)18-11-9(12(13,14)15)6-5-7-10(11)16-17-18/h5-8H,3-4H2,1-2H3. The summed E-state index contributed by atoms with van der Waals surface area (Å²) in [5.41, 5.74) is -0.299. The molecule has 0 spiro atoms. The molecule has 0 bridgehead atoms. The molecule has 0 radical (unpaired) electrons. The van der Waals surface area contributed by atoms with Crippen molar-refractivity contribution in [1.29, 1.82) is 0 Å². The topological polar surface area (TPSA) is 30.7 Å². The summed E-state index contributed by atoms with van der Waals surface area (Å²) in [4.78, 5) is 0. The number of rotatable bonds is 3. The molecule has 0 saturated heterocycles. The lowest BCUT2D eigenvalue weighted by Gasteiger charge is -2.16. The van der Waals surface area contributed by atoms with E-state index in [0.29, 0.717) is 0 Å². The maximum atomic E-state index is 13.0. The van der Waals surface area contributed by atoms with E-state index < -0.39 is 11.7 Å². The van der Waals surface area contributed by atoms with Crippen molar-refractivity contribution in [2.45, 2.75) is 38.9 Å². The quantitative estimate of drug-likeness (QED) is 0.837. The van der Waals surface area contributed by atoms with Gasteiger partial charge in [-0.15, -0.1) is 5.10 Å². The lowest BCUT2D eigenvalue weighted by atomic mass is 10.1. The van der Waals surface area contributed by atoms with E-state index in [1.807, 2.05) is 13.8 Å². The monoisotopic (exact) mass is 257 g/mol. The Kier molecular flexibility index (Phi) is 3.28. The van der Waals surface area contributed by atoms with Crippen LogP contribution in [0.4, 0.5) is 13.2 Å². The SMILES string of the molecule is CCC(CC)n1nnc2cccc(C(F)(F)F)c21. The second-order valence-corrected chi connectivity index (χ2v) is 4.18. The first kappa shape index (κ1) is 12.9. The summed E-state index contributed by atoms with van der Waals surface area (Å²) in [6.45, 7) is 3.86. The molecule has 0 amide bonds. The van der Waals surface area contributed by atoms with Crippen molar-refractivity contribution in [1.82, 2.24) is 15.0 Å². The average Bonchev–Trinajstić information content (AvgIpc) is 2.73. The molecule has 0 atom stereocenters. The number of halogens is 3. The fourth-order valence-corrected chi connectivity index (χ4v) is 2.11. The Bertz CT molecular complexity index is 541. The Morgan fingerprint density at radius 2 is 1.89 bits per heavy atom. The van der Waals surface area contributed by atoms with Crippen molar-refractivity contribution in [3.05, 3.63) is 23.8 Å². The van der Waals surface area contributed by atoms with Crippen molar-refractivity contribution >= 4 is 11.0 Å². The highest BCUT2D eigenvalue weighted by Gasteiger charge is 2.34. The van der Waals surface area contributed by atoms with Crippen molar-refractivity contribution in [2.75, 3.05) is 0 Å². The summed E-state index contributed by atoms with van der Waals surface area (Å²) in [5, 5.41) is 7.70. The third-order valence-corrected chi connectivity index (χ3v) is 3.09. The van der Waals surface area contributed by atoms with Gasteiger partial charge < -0.3 is 0 Å². The molecule has 0 aliphatic heterocycles. The van der Waals surface area contributed by atoms with Gasteiger partial charge in [-0.1, -0.05) is 25.1 Å². The van der Waals surface area contributed by atoms with E-state index >= 15 is 0 Å². The second-order valence-electron chi connectivity index (χ2n) is 4.18. The van der Waals surface area contributed by atoms with Crippen molar-refractivity contribution in [3.8, 4) is 0 Å². The molecule has 3 nitrogen and oxygen atoms in total. The molecule has 2 rings (SSSR count). The van der Waals surface area contributed by atoms with E-state index in [2.05, 4.69) is 10.3 Å². The lowest BCUT2D eigenvalue weighted by Crippen LogP contribution is -2.13. The number of alkyl halides is 3. The summed E-state index contributed by atoms with van der Waals surface area (Å²) in [5.74, 6) is 0. The molecule has 0 unspecified atom stereocenters. The normalized spacial score (nSPS) is 12.6. The van der Waals surface area contributed by atoms with Crippen molar-refractivity contribution < 1.29 is 13.2 Å². The van der Waals surface area contributed by atoms with Crippen LogP contribution in [0.15, 0.2) is 18.2 Å². The van der Waals surface area contributed by atoms with Crippen molar-refractivity contribution in [3.63, 3.8) is 0 Å². The Balaban J connectivity index is 2.70. The summed E-state index contributed by atoms with van der Waals surface area (Å²) in [7, 11) is 0. The van der Waals surface area contributed by atoms with Crippen LogP contribution < -0.4 is 0 Å². The third kappa shape index (κ3) is 2.07. The fourth-order valence-electron chi connectivity index (χ4n) is 2.11. The number of aromatic nitrogens is 3. The van der Waals surface area contributed by atoms with E-state index in [0.717, 1.165) is 18.9 Å². The van der Waals surface area contributed by atoms with E-state index in [4.69, 9.17) is 0 Å². The fraction of sp³-hybridized carbons (Fsp3) is 0.500. The van der Waals surface area contributed by atoms with Gasteiger partial charge in [0.05, 0.1) is 11.6 Å². The largest absolute Gasteiger partial charge is 0.418 e. The highest BCUT2D eigenvalue weighted by molar-refractivity contribution is 5.78. The highest BCUT2D eigenvalue weighted by Crippen LogP contribution is 2.35. The predicted molar refractivity (Wildman–Crippen MR) is 62.1 cm³/mol. The molecular weight excluding hydrogens is 243 g/mol. The summed E-state index contributed by atoms with van der Waals surface area (Å²) < 4.78 is 40.3. The predicted octanol–water partition coefficient (Wildman–Crippen LogP) is 3.81. The molecule has 18 heavy (non-hydrogen) atoms. The summed E-state index contributed by atoms with van der Waals surface area (Å²) in [6.07, 6.45) is -2.94. The average molecular weight is 257 g/mol. The molecular formula is C12H14F3N3. The van der Waals surface area contributed by atoms with E-state index in [9.17, 15) is 13.2 Å². The highest BCUT2D eigenvalue weighted by atomic mass is 19.4. The number of benzene rings is 1. The van der Waals surface area contributed by atoms with Crippen LogP contribution in [0.3, 0.4) is 0 Å². The van der Waals surface area contributed by atoms with Crippen LogP contribution in [0, 0.1) is 0 Å². The van der Waals surface area contributed by atoms with E-state index in [1.165, 1.54) is 10.7 Å². The molecule has 2 aromatic rings. The molecule has 1 aromatic heterocycles. The molecule has 1 heterocycles. The minimum Gasteiger partial charge on any atom is -0.241 e. The van der Waals surface area contributed by atoms with Gasteiger partial charge >= 0.3 is 6.18 Å². The molecule has 98 valence electrons. The van der Waals surface area contributed by atoms with Crippen LogP contribution in [-0.4, -0.2) is 15.0 Å². The van der Waals surface area contributed by atoms with Crippen molar-refractivity contribution in [2.24, 2.45) is 0 Å². The van der Waals surface area contributed by atoms with Gasteiger partial charge in [-0.2, -0.15) is 13.2 Å². The first-order chi connectivity index (χ1) is 8.49. The van der Waals surface area contributed by atoms with Gasteiger partial charge in [0.2, 0.25) is 0 Å². The molecule has 6 heteroatoms. The maximum Gasteiger partial charge on any atom is 0.418 e. The zero-order valence-corrected chi connectivity index (χ0v) is 10.2. The van der Waals surface area contributed by atoms with Gasteiger partial charge in [0.25, 0.3) is 0 Å². The van der Waals surface area contributed by atoms with Crippen LogP contribution >= 0.6 is 0 Å². The Labute approximate surface area is 103 Å². The molecule has 0 saturated carbocycles. The Morgan fingerprint density at radius 3 is 2.44 bits per heavy atom. The number of fused-ring (bicyclic) bond motifs is 1. The van der Waals surface area contributed by atoms with Crippen LogP contribution in [0.1, 0.15) is 38.3 Å². The van der Waals surface area contributed by atoms with E-state index in [1.54, 1.807) is 6.07 Å².